The molecular weight excluding hydrogens is 423 g/mol. The summed E-state index contributed by atoms with van der Waals surface area (Å²) < 4.78 is 46.6. The van der Waals surface area contributed by atoms with Crippen LogP contribution in [-0.4, -0.2) is 33.5 Å². The van der Waals surface area contributed by atoms with Gasteiger partial charge in [-0.05, 0) is 25.5 Å². The maximum atomic E-state index is 13.2. The van der Waals surface area contributed by atoms with Crippen LogP contribution < -0.4 is 15.8 Å². The molecule has 0 spiro atoms. The maximum Gasteiger partial charge on any atom is 0.435 e. The highest BCUT2D eigenvalue weighted by molar-refractivity contribution is 7.13. The molecule has 2 heterocycles. The van der Waals surface area contributed by atoms with Crippen molar-refractivity contribution < 1.29 is 27.5 Å². The number of methoxy groups -OCH3 is 1. The second kappa shape index (κ2) is 7.94. The molecule has 0 radical (unpaired) electrons. The van der Waals surface area contributed by atoms with Crippen LogP contribution in [0.25, 0.3) is 11.0 Å². The highest BCUT2D eigenvalue weighted by atomic mass is 32.1. The van der Waals surface area contributed by atoms with Crippen LogP contribution in [0.4, 0.5) is 19.1 Å². The number of carbonyl (C=O) groups is 2. The van der Waals surface area contributed by atoms with E-state index in [1.54, 1.807) is 4.57 Å². The van der Waals surface area contributed by atoms with Gasteiger partial charge in [0, 0.05) is 12.1 Å². The molecule has 2 amide bonds. The SMILES string of the molecule is CCCn1c(NC(=O)c2sc(C)nc2C(F)(F)F)nc2cc(C(N)=O)cc(OC)c21. The molecule has 3 N–H and O–H groups in total. The highest BCUT2D eigenvalue weighted by Gasteiger charge is 2.39. The number of fused-ring (bicyclic) bond motifs is 1. The van der Waals surface area contributed by atoms with Crippen molar-refractivity contribution >= 4 is 40.1 Å². The average Bonchev–Trinajstić information content (AvgIpc) is 3.22. The largest absolute Gasteiger partial charge is 0.494 e. The smallest absolute Gasteiger partial charge is 0.435 e. The summed E-state index contributed by atoms with van der Waals surface area (Å²) in [6, 6.07) is 2.87. The quantitative estimate of drug-likeness (QED) is 0.607. The number of halogens is 3. The number of carbonyl (C=O) groups excluding carboxylic acids is 2. The number of thiazole rings is 1. The molecule has 8 nitrogen and oxygen atoms in total. The lowest BCUT2D eigenvalue weighted by Crippen LogP contribution is -2.19. The molecule has 0 unspecified atom stereocenters. The zero-order chi connectivity index (χ0) is 22.2. The van der Waals surface area contributed by atoms with Crippen LogP contribution in [-0.2, 0) is 12.7 Å². The van der Waals surface area contributed by atoms with Gasteiger partial charge in [0.05, 0.1) is 17.6 Å². The van der Waals surface area contributed by atoms with Gasteiger partial charge in [0.15, 0.2) is 5.69 Å². The highest BCUT2D eigenvalue weighted by Crippen LogP contribution is 2.35. The first kappa shape index (κ1) is 21.6. The molecule has 30 heavy (non-hydrogen) atoms. The number of rotatable bonds is 6. The van der Waals surface area contributed by atoms with Gasteiger partial charge in [-0.25, -0.2) is 9.97 Å². The number of alkyl halides is 3. The minimum atomic E-state index is -4.76. The Morgan fingerprint density at radius 2 is 2.00 bits per heavy atom. The molecule has 0 aliphatic rings. The Kier molecular flexibility index (Phi) is 5.70. The van der Waals surface area contributed by atoms with Crippen molar-refractivity contribution in [2.75, 3.05) is 12.4 Å². The van der Waals surface area contributed by atoms with Gasteiger partial charge < -0.3 is 15.0 Å². The molecule has 3 rings (SSSR count). The van der Waals surface area contributed by atoms with Gasteiger partial charge in [-0.1, -0.05) is 6.92 Å². The van der Waals surface area contributed by atoms with Crippen LogP contribution >= 0.6 is 11.3 Å². The molecule has 0 bridgehead atoms. The Balaban J connectivity index is 2.11. The summed E-state index contributed by atoms with van der Waals surface area (Å²) in [5.41, 5.74) is 5.04. The molecule has 12 heteroatoms. The van der Waals surface area contributed by atoms with Crippen molar-refractivity contribution in [2.45, 2.75) is 33.0 Å². The predicted octanol–water partition coefficient (Wildman–Crippen LogP) is 3.59. The number of nitrogens with zero attached hydrogens (tertiary/aromatic N) is 3. The lowest BCUT2D eigenvalue weighted by molar-refractivity contribution is -0.141. The molecule has 3 aromatic rings. The number of imidazole rings is 1. The lowest BCUT2D eigenvalue weighted by atomic mass is 10.1. The zero-order valence-corrected chi connectivity index (χ0v) is 17.1. The first-order valence-corrected chi connectivity index (χ1v) is 9.62. The standard InChI is InChI=1S/C18H18F3N5O3S/c1-4-5-26-12-10(6-9(15(22)27)7-11(12)29-3)24-17(26)25-16(28)13-14(18(19,20)21)23-8(2)30-13/h6-7H,4-5H2,1-3H3,(H2,22,27)(H,24,25,28). The number of aryl methyl sites for hydroxylation is 2. The fourth-order valence-electron chi connectivity index (χ4n) is 3.00. The third kappa shape index (κ3) is 3.95. The van der Waals surface area contributed by atoms with Crippen LogP contribution in [0.3, 0.4) is 0 Å². The van der Waals surface area contributed by atoms with Gasteiger partial charge in [0.2, 0.25) is 11.9 Å². The van der Waals surface area contributed by atoms with Gasteiger partial charge >= 0.3 is 6.18 Å². The molecule has 0 atom stereocenters. The summed E-state index contributed by atoms with van der Waals surface area (Å²) in [6.07, 6.45) is -4.12. The number of nitrogens with two attached hydrogens (primary N) is 1. The Morgan fingerprint density at radius 3 is 2.57 bits per heavy atom. The number of nitrogens with one attached hydrogen (secondary N) is 1. The van der Waals surface area contributed by atoms with Crippen LogP contribution in [0, 0.1) is 6.92 Å². The number of anilines is 1. The molecule has 0 saturated carbocycles. The third-order valence-electron chi connectivity index (χ3n) is 4.19. The molecule has 1 aromatic carbocycles. The van der Waals surface area contributed by atoms with E-state index in [2.05, 4.69) is 15.3 Å². The average molecular weight is 441 g/mol. The molecule has 0 fully saturated rings. The molecule has 160 valence electrons. The van der Waals surface area contributed by atoms with E-state index in [-0.39, 0.29) is 16.5 Å². The fourth-order valence-corrected chi connectivity index (χ4v) is 3.83. The van der Waals surface area contributed by atoms with Crippen LogP contribution in [0.15, 0.2) is 12.1 Å². The minimum absolute atomic E-state index is 0.0240. The van der Waals surface area contributed by atoms with Crippen molar-refractivity contribution in [3.63, 3.8) is 0 Å². The number of benzene rings is 1. The van der Waals surface area contributed by atoms with Crippen LogP contribution in [0.2, 0.25) is 0 Å². The zero-order valence-electron chi connectivity index (χ0n) is 16.3. The fraction of sp³-hybridized carbons (Fsp3) is 0.333. The Hall–Kier alpha value is -3.15. The van der Waals surface area contributed by atoms with Crippen LogP contribution in [0.1, 0.15) is 44.1 Å². The van der Waals surface area contributed by atoms with Gasteiger partial charge in [-0.3, -0.25) is 14.9 Å². The summed E-state index contributed by atoms with van der Waals surface area (Å²) in [5, 5.41) is 2.55. The van der Waals surface area contributed by atoms with Crippen molar-refractivity contribution in [3.05, 3.63) is 33.3 Å². The molecule has 0 saturated heterocycles. The third-order valence-corrected chi connectivity index (χ3v) is 5.16. The number of hydrogen-bond acceptors (Lipinski definition) is 6. The summed E-state index contributed by atoms with van der Waals surface area (Å²) in [6.45, 7) is 3.67. The van der Waals surface area contributed by atoms with Crippen molar-refractivity contribution in [3.8, 4) is 5.75 Å². The number of hydrogen-bond donors (Lipinski definition) is 2. The number of ether oxygens (including phenoxy) is 1. The first-order chi connectivity index (χ1) is 14.1. The molecular formula is C18H18F3N5O3S. The van der Waals surface area contributed by atoms with E-state index >= 15 is 0 Å². The summed E-state index contributed by atoms with van der Waals surface area (Å²) in [5.74, 6) is -1.35. The first-order valence-electron chi connectivity index (χ1n) is 8.80. The Labute approximate surface area is 172 Å². The minimum Gasteiger partial charge on any atom is -0.494 e. The monoisotopic (exact) mass is 441 g/mol. The van der Waals surface area contributed by atoms with E-state index in [4.69, 9.17) is 10.5 Å². The second-order valence-corrected chi connectivity index (χ2v) is 7.56. The molecule has 2 aromatic heterocycles. The Bertz CT molecular complexity index is 1140. The normalized spacial score (nSPS) is 11.7. The number of amides is 2. The number of aromatic nitrogens is 3. The Morgan fingerprint density at radius 1 is 1.30 bits per heavy atom. The van der Waals surface area contributed by atoms with E-state index in [9.17, 15) is 22.8 Å². The predicted molar refractivity (Wildman–Crippen MR) is 105 cm³/mol. The van der Waals surface area contributed by atoms with Crippen molar-refractivity contribution in [1.82, 2.24) is 14.5 Å². The summed E-state index contributed by atoms with van der Waals surface area (Å²) in [7, 11) is 1.40. The van der Waals surface area contributed by atoms with E-state index in [0.29, 0.717) is 41.1 Å². The van der Waals surface area contributed by atoms with Gasteiger partial charge in [0.1, 0.15) is 16.1 Å². The molecule has 0 aliphatic heterocycles. The van der Waals surface area contributed by atoms with Gasteiger partial charge in [0.25, 0.3) is 5.91 Å². The van der Waals surface area contributed by atoms with E-state index in [0.717, 1.165) is 0 Å². The van der Waals surface area contributed by atoms with Gasteiger partial charge in [-0.15, -0.1) is 11.3 Å². The second-order valence-electron chi connectivity index (χ2n) is 6.36. The van der Waals surface area contributed by atoms with E-state index in [1.165, 1.54) is 26.2 Å². The van der Waals surface area contributed by atoms with Crippen molar-refractivity contribution in [1.29, 1.82) is 0 Å². The number of primary amides is 1. The van der Waals surface area contributed by atoms with Crippen LogP contribution in [0.5, 0.6) is 5.75 Å². The van der Waals surface area contributed by atoms with Crippen molar-refractivity contribution in [2.24, 2.45) is 5.73 Å². The van der Waals surface area contributed by atoms with Gasteiger partial charge in [-0.2, -0.15) is 13.2 Å². The summed E-state index contributed by atoms with van der Waals surface area (Å²) >= 11 is 0.643. The topological polar surface area (TPSA) is 112 Å². The maximum absolute atomic E-state index is 13.2. The van der Waals surface area contributed by atoms with E-state index < -0.39 is 28.6 Å². The molecule has 0 aliphatic carbocycles. The lowest BCUT2D eigenvalue weighted by Gasteiger charge is -2.11. The summed E-state index contributed by atoms with van der Waals surface area (Å²) in [4.78, 5) is 31.4. The van der Waals surface area contributed by atoms with E-state index in [1.807, 2.05) is 6.92 Å².